The average Bonchev–Trinajstić information content (AvgIpc) is 2.95. The highest BCUT2D eigenvalue weighted by molar-refractivity contribution is 6.01. The molecule has 0 bridgehead atoms. The van der Waals surface area contributed by atoms with Gasteiger partial charge in [-0.3, -0.25) is 9.59 Å². The molecular weight excluding hydrogens is 377 g/mol. The predicted octanol–water partition coefficient (Wildman–Crippen LogP) is 3.60. The number of benzene rings is 2. The fraction of sp³-hybridized carbons (Fsp3) is 0.211. The van der Waals surface area contributed by atoms with Gasteiger partial charge in [0.1, 0.15) is 0 Å². The van der Waals surface area contributed by atoms with Crippen molar-refractivity contribution in [2.24, 2.45) is 0 Å². The fourth-order valence-electron chi connectivity index (χ4n) is 2.67. The number of carbonyl (C=O) groups is 3. The Morgan fingerprint density at radius 3 is 2.39 bits per heavy atom. The van der Waals surface area contributed by atoms with E-state index in [0.717, 1.165) is 12.1 Å². The molecule has 1 aliphatic heterocycles. The van der Waals surface area contributed by atoms with Gasteiger partial charge in [-0.2, -0.15) is 13.2 Å². The van der Waals surface area contributed by atoms with Gasteiger partial charge in [-0.1, -0.05) is 24.3 Å². The number of nitrogens with zero attached hydrogens (tertiary/aromatic N) is 1. The van der Waals surface area contributed by atoms with Crippen LogP contribution in [0.2, 0.25) is 0 Å². The molecule has 1 heterocycles. The molecule has 1 saturated heterocycles. The molecule has 0 radical (unpaired) electrons. The third kappa shape index (κ3) is 4.48. The monoisotopic (exact) mass is 392 g/mol. The number of hydrogen-bond donors (Lipinski definition) is 1. The van der Waals surface area contributed by atoms with Crippen LogP contribution >= 0.6 is 0 Å². The van der Waals surface area contributed by atoms with Crippen molar-refractivity contribution in [1.29, 1.82) is 0 Å². The lowest BCUT2D eigenvalue weighted by atomic mass is 10.1. The minimum atomic E-state index is -4.48. The quantitative estimate of drug-likeness (QED) is 0.787. The minimum Gasteiger partial charge on any atom is -0.355 e. The summed E-state index contributed by atoms with van der Waals surface area (Å²) in [6.07, 6.45) is -4.78. The van der Waals surface area contributed by atoms with E-state index in [0.29, 0.717) is 16.3 Å². The van der Waals surface area contributed by atoms with E-state index in [2.05, 4.69) is 5.32 Å². The van der Waals surface area contributed by atoms with Gasteiger partial charge in [0.15, 0.2) is 0 Å². The summed E-state index contributed by atoms with van der Waals surface area (Å²) in [5, 5.41) is 3.30. The van der Waals surface area contributed by atoms with Crippen LogP contribution in [-0.4, -0.2) is 22.8 Å². The Hall–Kier alpha value is -3.36. The van der Waals surface area contributed by atoms with Gasteiger partial charge in [0.25, 0.3) is 11.8 Å². The highest BCUT2D eigenvalue weighted by Crippen LogP contribution is 2.32. The molecule has 9 heteroatoms. The molecule has 0 unspecified atom stereocenters. The smallest absolute Gasteiger partial charge is 0.355 e. The van der Waals surface area contributed by atoms with Crippen LogP contribution in [-0.2, 0) is 31.8 Å². The summed E-state index contributed by atoms with van der Waals surface area (Å²) < 4.78 is 38.6. The summed E-state index contributed by atoms with van der Waals surface area (Å²) in [5.41, 5.74) is 0.225. The van der Waals surface area contributed by atoms with Crippen LogP contribution in [0.15, 0.2) is 48.5 Å². The molecule has 0 aliphatic carbocycles. The maximum Gasteiger partial charge on any atom is 0.416 e. The lowest BCUT2D eigenvalue weighted by Crippen LogP contribution is -2.32. The highest BCUT2D eigenvalue weighted by atomic mass is 19.4. The first-order valence-corrected chi connectivity index (χ1v) is 8.33. The van der Waals surface area contributed by atoms with Crippen molar-refractivity contribution in [3.05, 3.63) is 59.7 Å². The number of amides is 2. The Bertz CT molecular complexity index is 911. The lowest BCUT2D eigenvalue weighted by Gasteiger charge is -2.15. The first kappa shape index (κ1) is 19.4. The summed E-state index contributed by atoms with van der Waals surface area (Å²) in [6, 6.07) is 11.1. The van der Waals surface area contributed by atoms with Crippen molar-refractivity contribution in [2.75, 3.05) is 5.32 Å². The third-order valence-corrected chi connectivity index (χ3v) is 4.02. The van der Waals surface area contributed by atoms with Gasteiger partial charge in [0, 0.05) is 24.2 Å². The maximum atomic E-state index is 12.9. The van der Waals surface area contributed by atoms with E-state index >= 15 is 0 Å². The van der Waals surface area contributed by atoms with Gasteiger partial charge in [-0.15, -0.1) is 5.06 Å². The van der Waals surface area contributed by atoms with E-state index in [9.17, 15) is 27.6 Å². The summed E-state index contributed by atoms with van der Waals surface area (Å²) >= 11 is 0. The van der Waals surface area contributed by atoms with Crippen molar-refractivity contribution in [3.8, 4) is 0 Å². The van der Waals surface area contributed by atoms with Crippen molar-refractivity contribution >= 4 is 29.2 Å². The van der Waals surface area contributed by atoms with Crippen LogP contribution in [0.25, 0.3) is 0 Å². The van der Waals surface area contributed by atoms with Gasteiger partial charge in [-0.05, 0) is 29.8 Å². The van der Waals surface area contributed by atoms with E-state index in [4.69, 9.17) is 4.84 Å². The number of anilines is 2. The molecular formula is C19H15F3N2O4. The van der Waals surface area contributed by atoms with E-state index in [1.165, 1.54) is 12.1 Å². The number of halogens is 3. The Kier molecular flexibility index (Phi) is 5.34. The normalized spacial score (nSPS) is 14.3. The van der Waals surface area contributed by atoms with Crippen LogP contribution < -0.4 is 5.32 Å². The molecule has 2 aromatic carbocycles. The van der Waals surface area contributed by atoms with Crippen molar-refractivity contribution in [2.45, 2.75) is 25.4 Å². The summed E-state index contributed by atoms with van der Waals surface area (Å²) in [5.74, 6) is -2.01. The summed E-state index contributed by atoms with van der Waals surface area (Å²) in [7, 11) is 0. The van der Waals surface area contributed by atoms with Crippen molar-refractivity contribution in [3.63, 3.8) is 0 Å². The molecule has 2 aromatic rings. The zero-order valence-corrected chi connectivity index (χ0v) is 14.5. The SMILES string of the molecule is O=C(Cc1ccccc1Nc1cccc(C(F)(F)F)c1)ON1C(=O)CCC1=O. The highest BCUT2D eigenvalue weighted by Gasteiger charge is 2.33. The molecule has 28 heavy (non-hydrogen) atoms. The van der Waals surface area contributed by atoms with E-state index in [1.54, 1.807) is 24.3 Å². The Morgan fingerprint density at radius 2 is 1.71 bits per heavy atom. The fourth-order valence-corrected chi connectivity index (χ4v) is 2.67. The van der Waals surface area contributed by atoms with Gasteiger partial charge in [0.05, 0.1) is 12.0 Å². The molecule has 0 saturated carbocycles. The zero-order valence-electron chi connectivity index (χ0n) is 14.5. The first-order chi connectivity index (χ1) is 13.2. The third-order valence-electron chi connectivity index (χ3n) is 4.02. The van der Waals surface area contributed by atoms with Crippen LogP contribution in [0, 0.1) is 0 Å². The molecule has 1 N–H and O–H groups in total. The number of carbonyl (C=O) groups excluding carboxylic acids is 3. The molecule has 3 rings (SSSR count). The van der Waals surface area contributed by atoms with Gasteiger partial charge < -0.3 is 10.2 Å². The first-order valence-electron chi connectivity index (χ1n) is 8.33. The topological polar surface area (TPSA) is 75.7 Å². The van der Waals surface area contributed by atoms with Gasteiger partial charge in [-0.25, -0.2) is 4.79 Å². The molecule has 2 amide bonds. The Morgan fingerprint density at radius 1 is 1.04 bits per heavy atom. The summed E-state index contributed by atoms with van der Waals surface area (Å²) in [6.45, 7) is 0. The average molecular weight is 392 g/mol. The number of hydroxylamine groups is 2. The zero-order chi connectivity index (χ0) is 20.3. The number of rotatable bonds is 5. The minimum absolute atomic E-state index is 0.0141. The van der Waals surface area contributed by atoms with E-state index in [1.807, 2.05) is 0 Å². The Balaban J connectivity index is 1.74. The van der Waals surface area contributed by atoms with Crippen LogP contribution in [0.5, 0.6) is 0 Å². The van der Waals surface area contributed by atoms with Crippen LogP contribution in [0.1, 0.15) is 24.0 Å². The molecule has 1 aliphatic rings. The molecule has 0 atom stereocenters. The van der Waals surface area contributed by atoms with Crippen LogP contribution in [0.4, 0.5) is 24.5 Å². The van der Waals surface area contributed by atoms with Crippen molar-refractivity contribution in [1.82, 2.24) is 5.06 Å². The predicted molar refractivity (Wildman–Crippen MR) is 92.1 cm³/mol. The maximum absolute atomic E-state index is 12.9. The van der Waals surface area contributed by atoms with Crippen LogP contribution in [0.3, 0.4) is 0 Å². The second kappa shape index (κ2) is 7.71. The molecule has 1 fully saturated rings. The molecule has 6 nitrogen and oxygen atoms in total. The number of imide groups is 1. The summed E-state index contributed by atoms with van der Waals surface area (Å²) in [4.78, 5) is 40.0. The molecule has 146 valence electrons. The van der Waals surface area contributed by atoms with Gasteiger partial charge in [0.2, 0.25) is 0 Å². The standard InChI is InChI=1S/C19H15F3N2O4/c20-19(21,22)13-5-3-6-14(11-13)23-15-7-2-1-4-12(15)10-18(27)28-24-16(25)8-9-17(24)26/h1-7,11,23H,8-10H2. The van der Waals surface area contributed by atoms with E-state index < -0.39 is 29.5 Å². The molecule has 0 aromatic heterocycles. The Labute approximate surface area is 157 Å². The van der Waals surface area contributed by atoms with Crippen molar-refractivity contribution < 1.29 is 32.4 Å². The largest absolute Gasteiger partial charge is 0.416 e. The second-order valence-electron chi connectivity index (χ2n) is 6.08. The number of para-hydroxylation sites is 1. The van der Waals surface area contributed by atoms with E-state index in [-0.39, 0.29) is 24.9 Å². The number of hydrogen-bond acceptors (Lipinski definition) is 5. The second-order valence-corrected chi connectivity index (χ2v) is 6.08. The lowest BCUT2D eigenvalue weighted by molar-refractivity contribution is -0.197. The number of nitrogens with one attached hydrogen (secondary N) is 1. The van der Waals surface area contributed by atoms with Gasteiger partial charge >= 0.3 is 12.1 Å². The molecule has 0 spiro atoms. The number of alkyl halides is 3.